The van der Waals surface area contributed by atoms with E-state index >= 15 is 0 Å². The zero-order valence-corrected chi connectivity index (χ0v) is 18.7. The number of phenols is 1. The Morgan fingerprint density at radius 1 is 0.970 bits per heavy atom. The molecule has 1 N–H and O–H groups in total. The molecule has 33 heavy (non-hydrogen) atoms. The normalized spacial score (nSPS) is 19.6. The van der Waals surface area contributed by atoms with Crippen LogP contribution in [0, 0.1) is 10.1 Å². The molecule has 1 unspecified atom stereocenters. The monoisotopic (exact) mass is 446 g/mol. The second kappa shape index (κ2) is 8.41. The molecule has 2 heterocycles. The van der Waals surface area contributed by atoms with Gasteiger partial charge in [-0.25, -0.2) is 0 Å². The molecule has 5 rings (SSSR count). The first-order valence-corrected chi connectivity index (χ1v) is 11.1. The number of methoxy groups -OCH3 is 2. The van der Waals surface area contributed by atoms with E-state index in [0.717, 1.165) is 48.2 Å². The van der Waals surface area contributed by atoms with E-state index in [1.165, 1.54) is 11.1 Å². The molecule has 0 saturated heterocycles. The Hall–Kier alpha value is -3.58. The van der Waals surface area contributed by atoms with Gasteiger partial charge in [-0.1, -0.05) is 18.2 Å². The highest BCUT2D eigenvalue weighted by Gasteiger charge is 2.38. The first kappa shape index (κ1) is 21.3. The number of hydrogen-bond donors (Lipinski definition) is 1. The van der Waals surface area contributed by atoms with Gasteiger partial charge < -0.3 is 14.6 Å². The molecule has 0 bridgehead atoms. The lowest BCUT2D eigenvalue weighted by molar-refractivity contribution is -0.384. The summed E-state index contributed by atoms with van der Waals surface area (Å²) in [5.74, 6) is 1.42. The van der Waals surface area contributed by atoms with Crippen LogP contribution in [0.25, 0.3) is 0 Å². The van der Waals surface area contributed by atoms with Crippen molar-refractivity contribution < 1.29 is 19.5 Å². The van der Waals surface area contributed by atoms with E-state index in [2.05, 4.69) is 17.0 Å². The maximum atomic E-state index is 11.2. The molecule has 2 aliphatic heterocycles. The number of hydrogen-bond acceptors (Lipinski definition) is 6. The molecule has 170 valence electrons. The van der Waals surface area contributed by atoms with Gasteiger partial charge in [0.2, 0.25) is 0 Å². The molecule has 7 nitrogen and oxygen atoms in total. The van der Waals surface area contributed by atoms with Crippen LogP contribution in [0.5, 0.6) is 17.2 Å². The van der Waals surface area contributed by atoms with Crippen molar-refractivity contribution >= 4 is 5.69 Å². The van der Waals surface area contributed by atoms with Crippen LogP contribution >= 0.6 is 0 Å². The zero-order valence-electron chi connectivity index (χ0n) is 18.7. The van der Waals surface area contributed by atoms with Gasteiger partial charge in [0.15, 0.2) is 11.5 Å². The van der Waals surface area contributed by atoms with Crippen LogP contribution in [0.2, 0.25) is 0 Å². The molecular weight excluding hydrogens is 420 g/mol. The van der Waals surface area contributed by atoms with Gasteiger partial charge in [-0.05, 0) is 71.3 Å². The van der Waals surface area contributed by atoms with Crippen LogP contribution < -0.4 is 9.47 Å². The third kappa shape index (κ3) is 3.68. The summed E-state index contributed by atoms with van der Waals surface area (Å²) >= 11 is 0. The summed E-state index contributed by atoms with van der Waals surface area (Å²) in [6.07, 6.45) is 2.60. The molecule has 0 saturated carbocycles. The lowest BCUT2D eigenvalue weighted by atomic mass is 9.88. The topological polar surface area (TPSA) is 85.1 Å². The quantitative estimate of drug-likeness (QED) is 0.451. The van der Waals surface area contributed by atoms with Gasteiger partial charge in [0.25, 0.3) is 5.69 Å². The van der Waals surface area contributed by atoms with E-state index in [1.807, 2.05) is 24.3 Å². The Balaban J connectivity index is 1.66. The third-order valence-corrected chi connectivity index (χ3v) is 6.92. The summed E-state index contributed by atoms with van der Waals surface area (Å²) in [4.78, 5) is 13.3. The molecule has 7 heteroatoms. The second-order valence-electron chi connectivity index (χ2n) is 8.58. The molecule has 3 aromatic carbocycles. The fourth-order valence-corrected chi connectivity index (χ4v) is 5.35. The second-order valence-corrected chi connectivity index (χ2v) is 8.58. The molecule has 0 spiro atoms. The van der Waals surface area contributed by atoms with E-state index in [4.69, 9.17) is 9.47 Å². The number of rotatable bonds is 4. The number of nitrogens with zero attached hydrogens (tertiary/aromatic N) is 2. The summed E-state index contributed by atoms with van der Waals surface area (Å²) in [6.45, 7) is 0.842. The van der Waals surface area contributed by atoms with Crippen molar-refractivity contribution in [1.29, 1.82) is 0 Å². The molecule has 0 aliphatic carbocycles. The molecule has 2 aliphatic rings. The average molecular weight is 447 g/mol. The van der Waals surface area contributed by atoms with Gasteiger partial charge in [-0.3, -0.25) is 15.0 Å². The molecule has 2 atom stereocenters. The van der Waals surface area contributed by atoms with Crippen molar-refractivity contribution in [3.05, 3.63) is 92.5 Å². The number of phenolic OH excluding ortho intramolecular Hbond substituents is 1. The van der Waals surface area contributed by atoms with E-state index in [-0.39, 0.29) is 28.4 Å². The Labute approximate surface area is 192 Å². The smallest absolute Gasteiger partial charge is 0.269 e. The van der Waals surface area contributed by atoms with E-state index < -0.39 is 0 Å². The Bertz CT molecular complexity index is 1210. The molecule has 0 amide bonds. The first-order valence-electron chi connectivity index (χ1n) is 11.1. The van der Waals surface area contributed by atoms with Gasteiger partial charge in [0, 0.05) is 24.7 Å². The van der Waals surface area contributed by atoms with Gasteiger partial charge >= 0.3 is 0 Å². The number of nitro benzene ring substituents is 1. The number of ether oxygens (including phenoxy) is 2. The number of benzene rings is 3. The predicted molar refractivity (Wildman–Crippen MR) is 124 cm³/mol. The minimum absolute atomic E-state index is 0.0727. The van der Waals surface area contributed by atoms with Crippen LogP contribution in [0.15, 0.2) is 54.6 Å². The Kier molecular flexibility index (Phi) is 5.42. The lowest BCUT2D eigenvalue weighted by Gasteiger charge is -2.41. The van der Waals surface area contributed by atoms with Crippen molar-refractivity contribution in [2.75, 3.05) is 20.8 Å². The number of aromatic hydroxyl groups is 1. The molecule has 0 aromatic heterocycles. The number of fused-ring (bicyclic) bond motifs is 4. The molecule has 3 aromatic rings. The largest absolute Gasteiger partial charge is 0.504 e. The highest BCUT2D eigenvalue weighted by atomic mass is 16.6. The maximum Gasteiger partial charge on any atom is 0.269 e. The van der Waals surface area contributed by atoms with Crippen LogP contribution in [-0.4, -0.2) is 35.7 Å². The van der Waals surface area contributed by atoms with Gasteiger partial charge in [0.1, 0.15) is 5.75 Å². The minimum Gasteiger partial charge on any atom is -0.504 e. The van der Waals surface area contributed by atoms with Crippen molar-refractivity contribution in [2.45, 2.75) is 31.3 Å². The van der Waals surface area contributed by atoms with E-state index in [0.29, 0.717) is 5.75 Å². The zero-order chi connectivity index (χ0) is 23.1. The number of aryl methyl sites for hydroxylation is 1. The van der Waals surface area contributed by atoms with E-state index in [9.17, 15) is 15.2 Å². The summed E-state index contributed by atoms with van der Waals surface area (Å²) < 4.78 is 10.9. The fourth-order valence-electron chi connectivity index (χ4n) is 5.35. The van der Waals surface area contributed by atoms with Crippen molar-refractivity contribution in [1.82, 2.24) is 4.90 Å². The molecular formula is C26H26N2O5. The van der Waals surface area contributed by atoms with Crippen molar-refractivity contribution in [2.24, 2.45) is 0 Å². The van der Waals surface area contributed by atoms with Gasteiger partial charge in [-0.2, -0.15) is 0 Å². The van der Waals surface area contributed by atoms with E-state index in [1.54, 1.807) is 32.4 Å². The highest BCUT2D eigenvalue weighted by Crippen LogP contribution is 2.47. The summed E-state index contributed by atoms with van der Waals surface area (Å²) in [5, 5.41) is 21.7. The van der Waals surface area contributed by atoms with Crippen molar-refractivity contribution in [3.63, 3.8) is 0 Å². The SMILES string of the molecule is COc1ccc2c(c1)CCN1C(c3ccc([N+](=O)[O-])cc3)c3cc(OC)c(O)cc3CC[C@@H]21. The number of nitro groups is 1. The fraction of sp³-hybridized carbons (Fsp3) is 0.308. The average Bonchev–Trinajstić information content (AvgIpc) is 2.99. The maximum absolute atomic E-state index is 11.2. The molecule has 0 radical (unpaired) electrons. The standard InChI is InChI=1S/C26H26N2O5/c1-32-20-8-9-21-18(13-20)11-12-27-23(21)10-5-17-14-24(29)25(33-2)15-22(17)26(27)16-3-6-19(7-4-16)28(30)31/h3-4,6-9,13-15,23,26,29H,5,10-12H2,1-2H3/t23-,26?/m0/s1. The lowest BCUT2D eigenvalue weighted by Crippen LogP contribution is -2.38. The Morgan fingerprint density at radius 2 is 1.73 bits per heavy atom. The van der Waals surface area contributed by atoms with Crippen LogP contribution in [-0.2, 0) is 12.8 Å². The summed E-state index contributed by atoms with van der Waals surface area (Å²) in [5.41, 5.74) is 5.78. The van der Waals surface area contributed by atoms with Gasteiger partial charge in [0.05, 0.1) is 25.2 Å². The Morgan fingerprint density at radius 3 is 2.42 bits per heavy atom. The first-order chi connectivity index (χ1) is 16.0. The highest BCUT2D eigenvalue weighted by molar-refractivity contribution is 5.52. The van der Waals surface area contributed by atoms with Crippen LogP contribution in [0.1, 0.15) is 46.3 Å². The molecule has 0 fully saturated rings. The third-order valence-electron chi connectivity index (χ3n) is 6.92. The van der Waals surface area contributed by atoms with Gasteiger partial charge in [-0.15, -0.1) is 0 Å². The van der Waals surface area contributed by atoms with Crippen LogP contribution in [0.3, 0.4) is 0 Å². The summed E-state index contributed by atoms with van der Waals surface area (Å²) in [6, 6.07) is 16.9. The predicted octanol–water partition coefficient (Wildman–Crippen LogP) is 4.95. The number of non-ortho nitro benzene ring substituents is 1. The summed E-state index contributed by atoms with van der Waals surface area (Å²) in [7, 11) is 3.23. The van der Waals surface area contributed by atoms with Crippen LogP contribution in [0.4, 0.5) is 5.69 Å². The van der Waals surface area contributed by atoms with Crippen molar-refractivity contribution in [3.8, 4) is 17.2 Å². The minimum atomic E-state index is -0.376.